The Bertz CT molecular complexity index is 222. The van der Waals surface area contributed by atoms with E-state index in [4.69, 9.17) is 5.21 Å². The minimum absolute atomic E-state index is 0.0931. The number of aliphatic imine (C=N–C) groups is 1. The van der Waals surface area contributed by atoms with Crippen LogP contribution in [-0.4, -0.2) is 23.2 Å². The summed E-state index contributed by atoms with van der Waals surface area (Å²) in [4.78, 5) is 14.7. The van der Waals surface area contributed by atoms with Crippen molar-refractivity contribution in [2.75, 3.05) is 0 Å². The van der Waals surface area contributed by atoms with Gasteiger partial charge in [0.25, 0.3) is 0 Å². The van der Waals surface area contributed by atoms with Gasteiger partial charge in [0, 0.05) is 6.92 Å². The normalized spacial score (nSPS) is 19.1. The van der Waals surface area contributed by atoms with Gasteiger partial charge in [0.2, 0.25) is 0 Å². The summed E-state index contributed by atoms with van der Waals surface area (Å²) in [5.41, 5.74) is 1.79. The van der Waals surface area contributed by atoms with Crippen LogP contribution in [0.1, 0.15) is 39.0 Å². The SMILES string of the molecule is CC(=O)O/C(=N\C1CCCCC1)NO. The van der Waals surface area contributed by atoms with Gasteiger partial charge in [0.15, 0.2) is 0 Å². The molecular formula is C9H16N2O3. The minimum atomic E-state index is -0.485. The van der Waals surface area contributed by atoms with Crippen LogP contribution in [-0.2, 0) is 9.53 Å². The number of hydrogen-bond donors (Lipinski definition) is 2. The van der Waals surface area contributed by atoms with Crippen LogP contribution in [0.15, 0.2) is 4.99 Å². The number of carbonyl (C=O) groups is 1. The van der Waals surface area contributed by atoms with E-state index in [0.717, 1.165) is 25.7 Å². The van der Waals surface area contributed by atoms with Gasteiger partial charge in [-0.1, -0.05) is 19.3 Å². The highest BCUT2D eigenvalue weighted by Crippen LogP contribution is 2.20. The molecule has 0 saturated heterocycles. The fourth-order valence-corrected chi connectivity index (χ4v) is 1.59. The molecule has 0 amide bonds. The molecule has 0 aromatic heterocycles. The molecular weight excluding hydrogens is 184 g/mol. The van der Waals surface area contributed by atoms with Gasteiger partial charge < -0.3 is 4.74 Å². The lowest BCUT2D eigenvalue weighted by Gasteiger charge is -2.18. The monoisotopic (exact) mass is 200 g/mol. The van der Waals surface area contributed by atoms with Gasteiger partial charge in [0.05, 0.1) is 6.04 Å². The van der Waals surface area contributed by atoms with Crippen molar-refractivity contribution in [2.24, 2.45) is 4.99 Å². The molecule has 0 aliphatic heterocycles. The zero-order chi connectivity index (χ0) is 10.4. The molecule has 0 spiro atoms. The Balaban J connectivity index is 2.47. The molecule has 1 fully saturated rings. The van der Waals surface area contributed by atoms with E-state index in [1.54, 1.807) is 5.48 Å². The second-order valence-electron chi connectivity index (χ2n) is 3.43. The van der Waals surface area contributed by atoms with E-state index in [9.17, 15) is 4.79 Å². The Labute approximate surface area is 83.1 Å². The van der Waals surface area contributed by atoms with Crippen molar-refractivity contribution in [3.63, 3.8) is 0 Å². The highest BCUT2D eigenvalue weighted by atomic mass is 16.6. The zero-order valence-electron chi connectivity index (χ0n) is 8.32. The molecule has 0 bridgehead atoms. The van der Waals surface area contributed by atoms with Crippen LogP contribution >= 0.6 is 0 Å². The maximum Gasteiger partial charge on any atom is 0.317 e. The standard InChI is InChI=1S/C9H16N2O3/c1-7(12)14-9(11-13)10-8-5-3-2-4-6-8/h8,13H,2-6H2,1H3,(H,10,11). The third-order valence-electron chi connectivity index (χ3n) is 2.21. The largest absolute Gasteiger partial charge is 0.391 e. The van der Waals surface area contributed by atoms with Crippen molar-refractivity contribution < 1.29 is 14.7 Å². The van der Waals surface area contributed by atoms with E-state index in [1.165, 1.54) is 13.3 Å². The fourth-order valence-electron chi connectivity index (χ4n) is 1.59. The molecule has 1 aliphatic rings. The zero-order valence-corrected chi connectivity index (χ0v) is 8.32. The van der Waals surface area contributed by atoms with Gasteiger partial charge >= 0.3 is 12.0 Å². The Hall–Kier alpha value is -1.10. The van der Waals surface area contributed by atoms with E-state index in [1.807, 2.05) is 0 Å². The topological polar surface area (TPSA) is 70.9 Å². The molecule has 1 rings (SSSR count). The first-order valence-corrected chi connectivity index (χ1v) is 4.88. The van der Waals surface area contributed by atoms with Crippen molar-refractivity contribution in [3.8, 4) is 0 Å². The number of carbonyl (C=O) groups excluding carboxylic acids is 1. The number of hydroxylamine groups is 1. The lowest BCUT2D eigenvalue weighted by molar-refractivity contribution is -0.133. The summed E-state index contributed by atoms with van der Waals surface area (Å²) in [5, 5.41) is 8.65. The molecule has 0 atom stereocenters. The van der Waals surface area contributed by atoms with Crippen molar-refractivity contribution in [1.29, 1.82) is 0 Å². The third kappa shape index (κ3) is 3.74. The summed E-state index contributed by atoms with van der Waals surface area (Å²) < 4.78 is 4.65. The average Bonchev–Trinajstić information content (AvgIpc) is 2.17. The van der Waals surface area contributed by atoms with Crippen LogP contribution in [0, 0.1) is 0 Å². The number of rotatable bonds is 1. The van der Waals surface area contributed by atoms with E-state index in [2.05, 4.69) is 9.73 Å². The Morgan fingerprint density at radius 2 is 2.07 bits per heavy atom. The maximum atomic E-state index is 10.6. The Morgan fingerprint density at radius 3 is 2.57 bits per heavy atom. The second-order valence-corrected chi connectivity index (χ2v) is 3.43. The molecule has 5 nitrogen and oxygen atoms in total. The number of nitrogens with zero attached hydrogens (tertiary/aromatic N) is 1. The van der Waals surface area contributed by atoms with Gasteiger partial charge in [-0.3, -0.25) is 10.0 Å². The predicted octanol–water partition coefficient (Wildman–Crippen LogP) is 1.22. The highest BCUT2D eigenvalue weighted by Gasteiger charge is 2.14. The first kappa shape index (κ1) is 11.0. The average molecular weight is 200 g/mol. The van der Waals surface area contributed by atoms with Crippen LogP contribution in [0.25, 0.3) is 0 Å². The van der Waals surface area contributed by atoms with Gasteiger partial charge in [-0.05, 0) is 12.8 Å². The minimum Gasteiger partial charge on any atom is -0.391 e. The van der Waals surface area contributed by atoms with E-state index < -0.39 is 5.97 Å². The van der Waals surface area contributed by atoms with Gasteiger partial charge in [0.1, 0.15) is 0 Å². The fraction of sp³-hybridized carbons (Fsp3) is 0.778. The van der Waals surface area contributed by atoms with E-state index >= 15 is 0 Å². The molecule has 0 heterocycles. The number of esters is 1. The van der Waals surface area contributed by atoms with Gasteiger partial charge in [-0.15, -0.1) is 0 Å². The lowest BCUT2D eigenvalue weighted by atomic mass is 9.96. The second kappa shape index (κ2) is 5.59. The van der Waals surface area contributed by atoms with Crippen LogP contribution in [0.3, 0.4) is 0 Å². The molecule has 1 aliphatic carbocycles. The summed E-state index contributed by atoms with van der Waals surface area (Å²) in [6.45, 7) is 1.27. The lowest BCUT2D eigenvalue weighted by Crippen LogP contribution is -2.27. The van der Waals surface area contributed by atoms with Crippen molar-refractivity contribution in [2.45, 2.75) is 45.1 Å². The smallest absolute Gasteiger partial charge is 0.317 e. The van der Waals surface area contributed by atoms with Gasteiger partial charge in [-0.25, -0.2) is 10.5 Å². The van der Waals surface area contributed by atoms with Crippen LogP contribution in [0.5, 0.6) is 0 Å². The molecule has 14 heavy (non-hydrogen) atoms. The van der Waals surface area contributed by atoms with E-state index in [-0.39, 0.29) is 12.1 Å². The number of nitrogens with one attached hydrogen (secondary N) is 1. The molecule has 5 heteroatoms. The Morgan fingerprint density at radius 1 is 1.43 bits per heavy atom. The molecule has 2 N–H and O–H groups in total. The first-order valence-electron chi connectivity index (χ1n) is 4.88. The maximum absolute atomic E-state index is 10.6. The molecule has 0 unspecified atom stereocenters. The van der Waals surface area contributed by atoms with Crippen LogP contribution < -0.4 is 5.48 Å². The summed E-state index contributed by atoms with van der Waals surface area (Å²) in [6.07, 6.45) is 5.51. The molecule has 0 radical (unpaired) electrons. The molecule has 0 aromatic rings. The quantitative estimate of drug-likeness (QED) is 0.289. The highest BCUT2D eigenvalue weighted by molar-refractivity contribution is 5.85. The van der Waals surface area contributed by atoms with Crippen LogP contribution in [0.4, 0.5) is 0 Å². The predicted molar refractivity (Wildman–Crippen MR) is 51.0 cm³/mol. The van der Waals surface area contributed by atoms with Crippen molar-refractivity contribution in [1.82, 2.24) is 5.48 Å². The summed E-state index contributed by atoms with van der Waals surface area (Å²) in [6, 6.07) is 0.0714. The van der Waals surface area contributed by atoms with Crippen molar-refractivity contribution >= 4 is 12.0 Å². The molecule has 80 valence electrons. The summed E-state index contributed by atoms with van der Waals surface area (Å²) in [5.74, 6) is -0.485. The Kier molecular flexibility index (Phi) is 4.39. The van der Waals surface area contributed by atoms with Gasteiger partial charge in [-0.2, -0.15) is 0 Å². The third-order valence-corrected chi connectivity index (χ3v) is 2.21. The van der Waals surface area contributed by atoms with E-state index in [0.29, 0.717) is 0 Å². The van der Waals surface area contributed by atoms with Crippen LogP contribution in [0.2, 0.25) is 0 Å². The first-order chi connectivity index (χ1) is 6.72. The number of hydrogen-bond acceptors (Lipinski definition) is 4. The molecule has 0 aromatic carbocycles. The van der Waals surface area contributed by atoms with Crippen molar-refractivity contribution in [3.05, 3.63) is 0 Å². The number of amidine groups is 1. The summed E-state index contributed by atoms with van der Waals surface area (Å²) in [7, 11) is 0. The summed E-state index contributed by atoms with van der Waals surface area (Å²) >= 11 is 0. The number of ether oxygens (including phenoxy) is 1. The molecule has 1 saturated carbocycles.